The summed E-state index contributed by atoms with van der Waals surface area (Å²) >= 11 is 8.31. The number of carbonyl (C=O) groups excluding carboxylic acids is 1. The van der Waals surface area contributed by atoms with E-state index in [0.29, 0.717) is 11.1 Å². The molecule has 94 valence electrons. The summed E-state index contributed by atoms with van der Waals surface area (Å²) in [5, 5.41) is 0.971. The number of hydrogen-bond acceptors (Lipinski definition) is 3. The van der Waals surface area contributed by atoms with Gasteiger partial charge in [-0.25, -0.2) is 0 Å². The van der Waals surface area contributed by atoms with Gasteiger partial charge in [0, 0.05) is 22.7 Å². The topological polar surface area (TPSA) is 30.0 Å². The van der Waals surface area contributed by atoms with Crippen molar-refractivity contribution in [1.29, 1.82) is 0 Å². The zero-order valence-electron chi connectivity index (χ0n) is 9.56. The summed E-state index contributed by atoms with van der Waals surface area (Å²) in [6.07, 6.45) is 1.75. The zero-order chi connectivity index (χ0) is 13.4. The van der Waals surface area contributed by atoms with Crippen LogP contribution in [0.2, 0.25) is 0 Å². The number of thiophene rings is 1. The van der Waals surface area contributed by atoms with E-state index in [-0.39, 0.29) is 5.78 Å². The predicted octanol–water partition coefficient (Wildman–Crippen LogP) is 5.05. The van der Waals surface area contributed by atoms with Crippen molar-refractivity contribution in [2.75, 3.05) is 0 Å². The number of pyridine rings is 1. The number of nitrogens with zero attached hydrogens (tertiary/aromatic N) is 1. The summed E-state index contributed by atoms with van der Waals surface area (Å²) in [6, 6.07) is 11.2. The van der Waals surface area contributed by atoms with Crippen molar-refractivity contribution < 1.29 is 4.79 Å². The fourth-order valence-electron chi connectivity index (χ4n) is 1.87. The van der Waals surface area contributed by atoms with Crippen molar-refractivity contribution in [3.63, 3.8) is 0 Å². The Morgan fingerprint density at radius 1 is 1.16 bits per heavy atom. The van der Waals surface area contributed by atoms with Crippen molar-refractivity contribution in [2.45, 2.75) is 0 Å². The summed E-state index contributed by atoms with van der Waals surface area (Å²) in [5.41, 5.74) is 2.25. The van der Waals surface area contributed by atoms with Gasteiger partial charge in [-0.05, 0) is 62.2 Å². The lowest BCUT2D eigenvalue weighted by molar-refractivity contribution is 0.103. The summed E-state index contributed by atoms with van der Waals surface area (Å²) in [4.78, 5) is 16.7. The molecule has 0 fully saturated rings. The average Bonchev–Trinajstić information content (AvgIpc) is 2.76. The van der Waals surface area contributed by atoms with E-state index in [4.69, 9.17) is 0 Å². The third kappa shape index (κ3) is 2.50. The fraction of sp³-hybridized carbons (Fsp3) is 0. The molecule has 0 saturated carbocycles. The van der Waals surface area contributed by atoms with Gasteiger partial charge < -0.3 is 0 Å². The molecule has 0 amide bonds. The van der Waals surface area contributed by atoms with Crippen LogP contribution in [0, 0.1) is 0 Å². The van der Waals surface area contributed by atoms with Crippen LogP contribution >= 0.6 is 43.2 Å². The van der Waals surface area contributed by atoms with Gasteiger partial charge >= 0.3 is 0 Å². The lowest BCUT2D eigenvalue weighted by Crippen LogP contribution is -2.00. The van der Waals surface area contributed by atoms with Crippen LogP contribution in [0.5, 0.6) is 0 Å². The summed E-state index contributed by atoms with van der Waals surface area (Å²) in [5.74, 6) is 0.0135. The number of fused-ring (bicyclic) bond motifs is 1. The second kappa shape index (κ2) is 5.15. The standard InChI is InChI=1S/C14H7Br2NOS/c15-12-7-10(14(16)19-12)13(18)9-3-4-11-8(6-9)2-1-5-17-11/h1-7H. The molecule has 0 spiro atoms. The molecule has 0 aliphatic heterocycles. The number of aromatic nitrogens is 1. The maximum Gasteiger partial charge on any atom is 0.195 e. The Hall–Kier alpha value is -1.04. The molecule has 0 aliphatic rings. The van der Waals surface area contributed by atoms with Crippen LogP contribution in [-0.4, -0.2) is 10.8 Å². The minimum absolute atomic E-state index is 0.0135. The minimum Gasteiger partial charge on any atom is -0.289 e. The van der Waals surface area contributed by atoms with Crippen LogP contribution in [0.3, 0.4) is 0 Å². The van der Waals surface area contributed by atoms with E-state index in [9.17, 15) is 4.79 Å². The molecule has 3 rings (SSSR count). The number of hydrogen-bond donors (Lipinski definition) is 0. The van der Waals surface area contributed by atoms with E-state index in [1.54, 1.807) is 6.20 Å². The Morgan fingerprint density at radius 2 is 2.00 bits per heavy atom. The highest BCUT2D eigenvalue weighted by atomic mass is 79.9. The van der Waals surface area contributed by atoms with Crippen LogP contribution in [-0.2, 0) is 0 Å². The van der Waals surface area contributed by atoms with E-state index in [1.807, 2.05) is 36.4 Å². The van der Waals surface area contributed by atoms with Crippen molar-refractivity contribution >= 4 is 59.9 Å². The molecule has 0 aliphatic carbocycles. The number of rotatable bonds is 2. The molecule has 0 N–H and O–H groups in total. The van der Waals surface area contributed by atoms with Gasteiger partial charge in [0.1, 0.15) is 0 Å². The number of halogens is 2. The SMILES string of the molecule is O=C(c1ccc2ncccc2c1)c1cc(Br)sc1Br. The van der Waals surface area contributed by atoms with Gasteiger partial charge in [-0.3, -0.25) is 9.78 Å². The molecule has 0 bridgehead atoms. The first kappa shape index (κ1) is 13.0. The first-order valence-electron chi connectivity index (χ1n) is 5.49. The van der Waals surface area contributed by atoms with Crippen LogP contribution < -0.4 is 0 Å². The van der Waals surface area contributed by atoms with E-state index >= 15 is 0 Å². The molecule has 19 heavy (non-hydrogen) atoms. The molecule has 2 aromatic heterocycles. The second-order valence-corrected chi connectivity index (χ2v) is 7.73. The fourth-order valence-corrected chi connectivity index (χ4v) is 4.66. The average molecular weight is 397 g/mol. The summed E-state index contributed by atoms with van der Waals surface area (Å²) in [6.45, 7) is 0. The second-order valence-electron chi connectivity index (χ2n) is 3.98. The Labute approximate surface area is 130 Å². The van der Waals surface area contributed by atoms with Gasteiger partial charge in [-0.2, -0.15) is 0 Å². The first-order chi connectivity index (χ1) is 9.15. The first-order valence-corrected chi connectivity index (χ1v) is 7.90. The van der Waals surface area contributed by atoms with Crippen LogP contribution in [0.1, 0.15) is 15.9 Å². The maximum absolute atomic E-state index is 12.5. The lowest BCUT2D eigenvalue weighted by atomic mass is 10.0. The minimum atomic E-state index is 0.0135. The molecule has 0 saturated heterocycles. The van der Waals surface area contributed by atoms with Gasteiger partial charge in [0.2, 0.25) is 0 Å². The van der Waals surface area contributed by atoms with Crippen LogP contribution in [0.15, 0.2) is 50.2 Å². The Kier molecular flexibility index (Phi) is 3.52. The summed E-state index contributed by atoms with van der Waals surface area (Å²) < 4.78 is 1.78. The van der Waals surface area contributed by atoms with E-state index in [1.165, 1.54) is 11.3 Å². The molecule has 0 unspecified atom stereocenters. The molecule has 0 radical (unpaired) electrons. The summed E-state index contributed by atoms with van der Waals surface area (Å²) in [7, 11) is 0. The normalized spacial score (nSPS) is 10.8. The van der Waals surface area contributed by atoms with Gasteiger partial charge in [0.05, 0.1) is 13.1 Å². The number of carbonyl (C=O) groups is 1. The van der Waals surface area contributed by atoms with Gasteiger partial charge in [-0.15, -0.1) is 11.3 Å². The quantitative estimate of drug-likeness (QED) is 0.567. The molecule has 2 heterocycles. The molecular formula is C14H7Br2NOS. The molecule has 3 aromatic rings. The van der Waals surface area contributed by atoms with E-state index in [0.717, 1.165) is 18.5 Å². The highest BCUT2D eigenvalue weighted by Crippen LogP contribution is 2.33. The third-order valence-corrected chi connectivity index (χ3v) is 5.11. The van der Waals surface area contributed by atoms with Crippen LogP contribution in [0.4, 0.5) is 0 Å². The maximum atomic E-state index is 12.5. The molecule has 0 atom stereocenters. The Morgan fingerprint density at radius 3 is 2.74 bits per heavy atom. The van der Waals surface area contributed by atoms with Crippen LogP contribution in [0.25, 0.3) is 10.9 Å². The zero-order valence-corrected chi connectivity index (χ0v) is 13.5. The van der Waals surface area contributed by atoms with Crippen molar-refractivity contribution in [3.8, 4) is 0 Å². The highest BCUT2D eigenvalue weighted by Gasteiger charge is 2.15. The van der Waals surface area contributed by atoms with Gasteiger partial charge in [-0.1, -0.05) is 6.07 Å². The van der Waals surface area contributed by atoms with E-state index < -0.39 is 0 Å². The Bertz CT molecular complexity index is 782. The smallest absolute Gasteiger partial charge is 0.195 e. The molecular weight excluding hydrogens is 390 g/mol. The highest BCUT2D eigenvalue weighted by molar-refractivity contribution is 9.12. The largest absolute Gasteiger partial charge is 0.289 e. The monoisotopic (exact) mass is 395 g/mol. The number of benzene rings is 1. The van der Waals surface area contributed by atoms with Crippen molar-refractivity contribution in [3.05, 3.63) is 61.3 Å². The molecule has 5 heteroatoms. The van der Waals surface area contributed by atoms with Gasteiger partial charge in [0.15, 0.2) is 5.78 Å². The van der Waals surface area contributed by atoms with Gasteiger partial charge in [0.25, 0.3) is 0 Å². The van der Waals surface area contributed by atoms with Crippen molar-refractivity contribution in [1.82, 2.24) is 4.98 Å². The van der Waals surface area contributed by atoms with Crippen molar-refractivity contribution in [2.24, 2.45) is 0 Å². The third-order valence-electron chi connectivity index (χ3n) is 2.77. The molecule has 1 aromatic carbocycles. The molecule has 2 nitrogen and oxygen atoms in total. The predicted molar refractivity (Wildman–Crippen MR) is 84.9 cm³/mol. The number of ketones is 1. The lowest BCUT2D eigenvalue weighted by Gasteiger charge is -2.02. The Balaban J connectivity index is 2.09. The van der Waals surface area contributed by atoms with E-state index in [2.05, 4.69) is 36.8 Å².